The van der Waals surface area contributed by atoms with Crippen molar-refractivity contribution in [2.45, 2.75) is 32.9 Å². The molecule has 134 valence electrons. The number of carbonyl (C=O) groups excluding carboxylic acids is 2. The lowest BCUT2D eigenvalue weighted by Crippen LogP contribution is -2.49. The fraction of sp³-hybridized carbons (Fsp3) is 0.529. The van der Waals surface area contributed by atoms with Crippen molar-refractivity contribution in [1.82, 2.24) is 10.6 Å². The summed E-state index contributed by atoms with van der Waals surface area (Å²) in [5.74, 6) is 0.795. The molecule has 24 heavy (non-hydrogen) atoms. The third kappa shape index (κ3) is 5.33. The minimum atomic E-state index is -0.683. The quantitative estimate of drug-likeness (QED) is 0.709. The maximum Gasteiger partial charge on any atom is 0.328 e. The Morgan fingerprint density at radius 3 is 2.42 bits per heavy atom. The molecule has 2 N–H and O–H groups in total. The van der Waals surface area contributed by atoms with E-state index in [1.165, 1.54) is 7.11 Å². The lowest BCUT2D eigenvalue weighted by Gasteiger charge is -2.22. The van der Waals surface area contributed by atoms with E-state index in [1.54, 1.807) is 26.4 Å². The fourth-order valence-electron chi connectivity index (χ4n) is 2.16. The standard InChI is InChI=1S/C17H26N2O5/c1-6-11(2)15(16(20)24-5)19-17(21)18-10-12-7-8-13(22-3)9-14(12)23-4/h7-9,11,15H,6,10H2,1-5H3,(H2,18,19,21)/t11-,15-/m0/s1. The van der Waals surface area contributed by atoms with Gasteiger partial charge in [-0.15, -0.1) is 0 Å². The normalized spacial score (nSPS) is 12.7. The van der Waals surface area contributed by atoms with Gasteiger partial charge in [-0.05, 0) is 18.1 Å². The Hall–Kier alpha value is -2.44. The minimum Gasteiger partial charge on any atom is -0.497 e. The van der Waals surface area contributed by atoms with E-state index >= 15 is 0 Å². The van der Waals surface area contributed by atoms with Gasteiger partial charge in [-0.2, -0.15) is 0 Å². The van der Waals surface area contributed by atoms with Crippen LogP contribution in [-0.2, 0) is 16.1 Å². The predicted molar refractivity (Wildman–Crippen MR) is 90.2 cm³/mol. The number of esters is 1. The first-order valence-electron chi connectivity index (χ1n) is 7.79. The van der Waals surface area contributed by atoms with Crippen LogP contribution in [0.1, 0.15) is 25.8 Å². The molecular formula is C17H26N2O5. The van der Waals surface area contributed by atoms with Crippen LogP contribution in [0.3, 0.4) is 0 Å². The number of amides is 2. The van der Waals surface area contributed by atoms with Gasteiger partial charge in [-0.1, -0.05) is 20.3 Å². The summed E-state index contributed by atoms with van der Waals surface area (Å²) >= 11 is 0. The summed E-state index contributed by atoms with van der Waals surface area (Å²) in [6.45, 7) is 4.09. The van der Waals surface area contributed by atoms with Crippen molar-refractivity contribution >= 4 is 12.0 Å². The van der Waals surface area contributed by atoms with Crippen molar-refractivity contribution in [2.75, 3.05) is 21.3 Å². The smallest absolute Gasteiger partial charge is 0.328 e. The number of hydrogen-bond donors (Lipinski definition) is 2. The highest BCUT2D eigenvalue weighted by molar-refractivity contribution is 5.83. The van der Waals surface area contributed by atoms with Gasteiger partial charge in [0.05, 0.1) is 21.3 Å². The molecule has 0 fully saturated rings. The summed E-state index contributed by atoms with van der Waals surface area (Å²) in [4.78, 5) is 23.9. The minimum absolute atomic E-state index is 0.0290. The molecule has 7 nitrogen and oxygen atoms in total. The number of hydrogen-bond acceptors (Lipinski definition) is 5. The monoisotopic (exact) mass is 338 g/mol. The van der Waals surface area contributed by atoms with E-state index in [1.807, 2.05) is 19.9 Å². The summed E-state index contributed by atoms with van der Waals surface area (Å²) in [7, 11) is 4.43. The molecule has 1 rings (SSSR count). The number of ether oxygens (including phenoxy) is 3. The van der Waals surface area contributed by atoms with Crippen molar-refractivity contribution in [2.24, 2.45) is 5.92 Å². The van der Waals surface area contributed by atoms with E-state index in [4.69, 9.17) is 14.2 Å². The maximum absolute atomic E-state index is 12.1. The summed E-state index contributed by atoms with van der Waals surface area (Å²) in [5, 5.41) is 5.38. The second-order valence-corrected chi connectivity index (χ2v) is 5.39. The van der Waals surface area contributed by atoms with Crippen molar-refractivity contribution in [3.63, 3.8) is 0 Å². The van der Waals surface area contributed by atoms with Gasteiger partial charge in [0.1, 0.15) is 17.5 Å². The summed E-state index contributed by atoms with van der Waals surface area (Å²) in [6.07, 6.45) is 0.742. The van der Waals surface area contributed by atoms with Crippen LogP contribution < -0.4 is 20.1 Å². The molecule has 0 aliphatic rings. The van der Waals surface area contributed by atoms with Gasteiger partial charge in [0.25, 0.3) is 0 Å². The topological polar surface area (TPSA) is 85.9 Å². The Balaban J connectivity index is 2.69. The van der Waals surface area contributed by atoms with Gasteiger partial charge in [0.15, 0.2) is 0 Å². The molecule has 0 unspecified atom stereocenters. The molecule has 1 aromatic carbocycles. The van der Waals surface area contributed by atoms with Gasteiger partial charge in [0, 0.05) is 18.2 Å². The zero-order valence-corrected chi connectivity index (χ0v) is 14.8. The zero-order chi connectivity index (χ0) is 18.1. The molecular weight excluding hydrogens is 312 g/mol. The van der Waals surface area contributed by atoms with E-state index in [0.29, 0.717) is 11.5 Å². The SMILES string of the molecule is CC[C@H](C)[C@H](NC(=O)NCc1ccc(OC)cc1OC)C(=O)OC. The lowest BCUT2D eigenvalue weighted by atomic mass is 9.99. The third-order valence-electron chi connectivity index (χ3n) is 3.89. The first-order chi connectivity index (χ1) is 11.5. The first-order valence-corrected chi connectivity index (χ1v) is 7.79. The van der Waals surface area contributed by atoms with E-state index in [0.717, 1.165) is 12.0 Å². The van der Waals surface area contributed by atoms with Gasteiger partial charge in [-0.25, -0.2) is 9.59 Å². The van der Waals surface area contributed by atoms with Crippen LogP contribution in [-0.4, -0.2) is 39.4 Å². The average Bonchev–Trinajstić information content (AvgIpc) is 2.62. The summed E-state index contributed by atoms with van der Waals surface area (Å²) in [6, 6.07) is 4.21. The van der Waals surface area contributed by atoms with Crippen LogP contribution in [0.4, 0.5) is 4.79 Å². The number of carbonyl (C=O) groups is 2. The molecule has 0 aromatic heterocycles. The van der Waals surface area contributed by atoms with Crippen molar-refractivity contribution in [3.05, 3.63) is 23.8 Å². The number of urea groups is 1. The molecule has 0 aliphatic heterocycles. The van der Waals surface area contributed by atoms with Crippen molar-refractivity contribution < 1.29 is 23.8 Å². The second kappa shape index (κ2) is 9.64. The number of benzene rings is 1. The molecule has 2 amide bonds. The Labute approximate surface area is 142 Å². The third-order valence-corrected chi connectivity index (χ3v) is 3.89. The Morgan fingerprint density at radius 2 is 1.88 bits per heavy atom. The highest BCUT2D eigenvalue weighted by Crippen LogP contribution is 2.24. The number of methoxy groups -OCH3 is 3. The van der Waals surface area contributed by atoms with Crippen LogP contribution >= 0.6 is 0 Å². The molecule has 0 saturated carbocycles. The average molecular weight is 338 g/mol. The van der Waals surface area contributed by atoms with Crippen molar-refractivity contribution in [3.8, 4) is 11.5 Å². The Morgan fingerprint density at radius 1 is 1.17 bits per heavy atom. The Bertz CT molecular complexity index is 562. The second-order valence-electron chi connectivity index (χ2n) is 5.39. The van der Waals surface area contributed by atoms with Crippen LogP contribution in [0.5, 0.6) is 11.5 Å². The highest BCUT2D eigenvalue weighted by Gasteiger charge is 2.26. The largest absolute Gasteiger partial charge is 0.497 e. The molecule has 7 heteroatoms. The van der Waals surface area contributed by atoms with Crippen LogP contribution in [0.25, 0.3) is 0 Å². The molecule has 1 aromatic rings. The highest BCUT2D eigenvalue weighted by atomic mass is 16.5. The molecule has 0 aliphatic carbocycles. The van der Waals surface area contributed by atoms with Crippen molar-refractivity contribution in [1.29, 1.82) is 0 Å². The van der Waals surface area contributed by atoms with Crippen LogP contribution in [0.2, 0.25) is 0 Å². The predicted octanol–water partition coefficient (Wildman–Crippen LogP) is 2.09. The number of nitrogens with one attached hydrogen (secondary N) is 2. The maximum atomic E-state index is 12.1. The summed E-state index contributed by atoms with van der Waals surface area (Å²) in [5.41, 5.74) is 0.798. The van der Waals surface area contributed by atoms with E-state index in [9.17, 15) is 9.59 Å². The molecule has 0 radical (unpaired) electrons. The van der Waals surface area contributed by atoms with Gasteiger partial charge >= 0.3 is 12.0 Å². The van der Waals surface area contributed by atoms with Gasteiger partial charge in [0.2, 0.25) is 0 Å². The van der Waals surface area contributed by atoms with E-state index in [2.05, 4.69) is 10.6 Å². The van der Waals surface area contributed by atoms with E-state index < -0.39 is 18.0 Å². The molecule has 0 bridgehead atoms. The van der Waals surface area contributed by atoms with Gasteiger partial charge in [-0.3, -0.25) is 0 Å². The van der Waals surface area contributed by atoms with Crippen LogP contribution in [0.15, 0.2) is 18.2 Å². The fourth-order valence-corrected chi connectivity index (χ4v) is 2.16. The molecule has 0 spiro atoms. The first kappa shape index (κ1) is 19.6. The lowest BCUT2D eigenvalue weighted by molar-refractivity contribution is -0.144. The molecule has 0 heterocycles. The number of rotatable bonds is 8. The van der Waals surface area contributed by atoms with E-state index in [-0.39, 0.29) is 12.5 Å². The Kier molecular flexibility index (Phi) is 7.88. The summed E-state index contributed by atoms with van der Waals surface area (Å²) < 4.78 is 15.2. The van der Waals surface area contributed by atoms with Crippen LogP contribution in [0, 0.1) is 5.92 Å². The molecule has 0 saturated heterocycles. The zero-order valence-electron chi connectivity index (χ0n) is 14.8. The van der Waals surface area contributed by atoms with Gasteiger partial charge < -0.3 is 24.8 Å². The molecule has 2 atom stereocenters.